The highest BCUT2D eigenvalue weighted by molar-refractivity contribution is 5.93. The number of nitrogens with one attached hydrogen (secondary N) is 3. The van der Waals surface area contributed by atoms with Crippen LogP contribution in [0.25, 0.3) is 0 Å². The zero-order valence-corrected chi connectivity index (χ0v) is 11.4. The monoisotopic (exact) mass is 277 g/mol. The van der Waals surface area contributed by atoms with Gasteiger partial charge in [0, 0.05) is 37.3 Å². The molecular formula is C14H19N3O3. The van der Waals surface area contributed by atoms with Crippen LogP contribution in [0.1, 0.15) is 13.3 Å². The first-order valence-corrected chi connectivity index (χ1v) is 6.62. The summed E-state index contributed by atoms with van der Waals surface area (Å²) < 4.78 is 5.31. The first kappa shape index (κ1) is 14.5. The van der Waals surface area contributed by atoms with Crippen LogP contribution >= 0.6 is 0 Å². The molecule has 2 rings (SSSR count). The van der Waals surface area contributed by atoms with Crippen LogP contribution in [0.15, 0.2) is 24.3 Å². The molecule has 6 nitrogen and oxygen atoms in total. The fourth-order valence-corrected chi connectivity index (χ4v) is 2.06. The highest BCUT2D eigenvalue weighted by Gasteiger charge is 2.16. The number of rotatable bonds is 4. The van der Waals surface area contributed by atoms with E-state index in [1.807, 2.05) is 0 Å². The lowest BCUT2D eigenvalue weighted by atomic mass is 10.2. The number of carbonyl (C=O) groups excluding carboxylic acids is 2. The summed E-state index contributed by atoms with van der Waals surface area (Å²) in [5.74, 6) is -0.218. The number of anilines is 2. The van der Waals surface area contributed by atoms with Crippen molar-refractivity contribution in [2.24, 2.45) is 0 Å². The number of benzene rings is 1. The van der Waals surface area contributed by atoms with Crippen molar-refractivity contribution in [1.82, 2.24) is 5.32 Å². The Balaban J connectivity index is 1.88. The van der Waals surface area contributed by atoms with E-state index in [-0.39, 0.29) is 17.9 Å². The Bertz CT molecular complexity index is 484. The molecule has 1 aliphatic rings. The van der Waals surface area contributed by atoms with Crippen molar-refractivity contribution in [3.63, 3.8) is 0 Å². The molecule has 20 heavy (non-hydrogen) atoms. The fourth-order valence-electron chi connectivity index (χ4n) is 2.06. The summed E-state index contributed by atoms with van der Waals surface area (Å²) in [5.41, 5.74) is 1.33. The third-order valence-electron chi connectivity index (χ3n) is 2.90. The molecular weight excluding hydrogens is 258 g/mol. The van der Waals surface area contributed by atoms with Gasteiger partial charge in [0.25, 0.3) is 0 Å². The Morgan fingerprint density at radius 3 is 2.75 bits per heavy atom. The minimum Gasteiger partial charge on any atom is -0.378 e. The van der Waals surface area contributed by atoms with E-state index in [9.17, 15) is 9.59 Å². The number of amides is 2. The van der Waals surface area contributed by atoms with Crippen LogP contribution in [0.4, 0.5) is 11.4 Å². The SMILES string of the molecule is CC(=O)Nc1cccc(NC(=O)CC2COCCN2)c1. The molecule has 0 saturated carbocycles. The van der Waals surface area contributed by atoms with Crippen molar-refractivity contribution < 1.29 is 14.3 Å². The molecule has 1 aromatic carbocycles. The molecule has 2 amide bonds. The van der Waals surface area contributed by atoms with E-state index < -0.39 is 0 Å². The summed E-state index contributed by atoms with van der Waals surface area (Å²) in [6.07, 6.45) is 0.365. The van der Waals surface area contributed by atoms with Crippen LogP contribution in [0.3, 0.4) is 0 Å². The average molecular weight is 277 g/mol. The smallest absolute Gasteiger partial charge is 0.226 e. The second-order valence-corrected chi connectivity index (χ2v) is 4.74. The predicted molar refractivity (Wildman–Crippen MR) is 76.6 cm³/mol. The van der Waals surface area contributed by atoms with E-state index in [0.29, 0.717) is 31.0 Å². The molecule has 3 N–H and O–H groups in total. The van der Waals surface area contributed by atoms with Crippen molar-refractivity contribution in [2.45, 2.75) is 19.4 Å². The van der Waals surface area contributed by atoms with Crippen molar-refractivity contribution in [3.8, 4) is 0 Å². The molecule has 1 heterocycles. The molecule has 1 saturated heterocycles. The maximum absolute atomic E-state index is 11.9. The molecule has 1 atom stereocenters. The van der Waals surface area contributed by atoms with Crippen molar-refractivity contribution in [1.29, 1.82) is 0 Å². The summed E-state index contributed by atoms with van der Waals surface area (Å²) in [6, 6.07) is 7.12. The van der Waals surface area contributed by atoms with Gasteiger partial charge in [0.05, 0.1) is 13.2 Å². The zero-order valence-electron chi connectivity index (χ0n) is 11.4. The van der Waals surface area contributed by atoms with Gasteiger partial charge in [-0.1, -0.05) is 6.07 Å². The number of ether oxygens (including phenoxy) is 1. The van der Waals surface area contributed by atoms with Gasteiger partial charge in [-0.2, -0.15) is 0 Å². The minimum absolute atomic E-state index is 0.0577. The van der Waals surface area contributed by atoms with E-state index in [2.05, 4.69) is 16.0 Å². The van der Waals surface area contributed by atoms with Crippen LogP contribution in [-0.2, 0) is 14.3 Å². The molecule has 1 aromatic rings. The summed E-state index contributed by atoms with van der Waals surface area (Å²) in [7, 11) is 0. The van der Waals surface area contributed by atoms with Gasteiger partial charge in [-0.25, -0.2) is 0 Å². The van der Waals surface area contributed by atoms with Gasteiger partial charge >= 0.3 is 0 Å². The molecule has 0 radical (unpaired) electrons. The second kappa shape index (κ2) is 7.02. The zero-order chi connectivity index (χ0) is 14.4. The maximum Gasteiger partial charge on any atom is 0.226 e. The lowest BCUT2D eigenvalue weighted by Gasteiger charge is -2.23. The predicted octanol–water partition coefficient (Wildman–Crippen LogP) is 0.962. The van der Waals surface area contributed by atoms with Crippen molar-refractivity contribution >= 4 is 23.2 Å². The fraction of sp³-hybridized carbons (Fsp3) is 0.429. The van der Waals surface area contributed by atoms with Crippen LogP contribution in [0, 0.1) is 0 Å². The second-order valence-electron chi connectivity index (χ2n) is 4.74. The van der Waals surface area contributed by atoms with Gasteiger partial charge < -0.3 is 20.7 Å². The molecule has 6 heteroatoms. The van der Waals surface area contributed by atoms with Gasteiger partial charge in [0.2, 0.25) is 11.8 Å². The lowest BCUT2D eigenvalue weighted by molar-refractivity contribution is -0.117. The van der Waals surface area contributed by atoms with Crippen LogP contribution < -0.4 is 16.0 Å². The third kappa shape index (κ3) is 4.64. The Morgan fingerprint density at radius 1 is 1.35 bits per heavy atom. The van der Waals surface area contributed by atoms with E-state index in [1.54, 1.807) is 24.3 Å². The number of morpholine rings is 1. The Labute approximate surface area is 117 Å². The molecule has 1 fully saturated rings. The number of hydrogen-bond donors (Lipinski definition) is 3. The Kier molecular flexibility index (Phi) is 5.09. The topological polar surface area (TPSA) is 79.5 Å². The summed E-state index contributed by atoms with van der Waals surface area (Å²) in [4.78, 5) is 22.9. The van der Waals surface area contributed by atoms with E-state index in [1.165, 1.54) is 6.92 Å². The largest absolute Gasteiger partial charge is 0.378 e. The maximum atomic E-state index is 11.9. The van der Waals surface area contributed by atoms with Gasteiger partial charge in [-0.3, -0.25) is 9.59 Å². The van der Waals surface area contributed by atoms with Crippen LogP contribution in [0.2, 0.25) is 0 Å². The Hall–Kier alpha value is -1.92. The first-order chi connectivity index (χ1) is 9.63. The first-order valence-electron chi connectivity index (χ1n) is 6.62. The molecule has 1 aliphatic heterocycles. The molecule has 108 valence electrons. The number of carbonyl (C=O) groups is 2. The van der Waals surface area contributed by atoms with Gasteiger partial charge in [-0.05, 0) is 18.2 Å². The highest BCUT2D eigenvalue weighted by atomic mass is 16.5. The summed E-state index contributed by atoms with van der Waals surface area (Å²) >= 11 is 0. The van der Waals surface area contributed by atoms with Gasteiger partial charge in [0.15, 0.2) is 0 Å². The highest BCUT2D eigenvalue weighted by Crippen LogP contribution is 2.15. The quantitative estimate of drug-likeness (QED) is 0.766. The molecule has 0 spiro atoms. The van der Waals surface area contributed by atoms with Crippen LogP contribution in [-0.4, -0.2) is 37.6 Å². The van der Waals surface area contributed by atoms with E-state index in [4.69, 9.17) is 4.74 Å². The lowest BCUT2D eigenvalue weighted by Crippen LogP contribution is -2.43. The average Bonchev–Trinajstić information content (AvgIpc) is 2.39. The standard InChI is InChI=1S/C14H19N3O3/c1-10(18)16-11-3-2-4-12(7-11)17-14(19)8-13-9-20-6-5-15-13/h2-4,7,13,15H,5-6,8-9H2,1H3,(H,16,18)(H,17,19). The minimum atomic E-state index is -0.142. The third-order valence-corrected chi connectivity index (χ3v) is 2.90. The van der Waals surface area contributed by atoms with Gasteiger partial charge in [0.1, 0.15) is 0 Å². The summed E-state index contributed by atoms with van der Waals surface area (Å²) in [6.45, 7) is 3.46. The number of hydrogen-bond acceptors (Lipinski definition) is 4. The Morgan fingerprint density at radius 2 is 2.10 bits per heavy atom. The molecule has 0 bridgehead atoms. The molecule has 1 unspecified atom stereocenters. The summed E-state index contributed by atoms with van der Waals surface area (Å²) in [5, 5.41) is 8.72. The molecule has 0 aromatic heterocycles. The van der Waals surface area contributed by atoms with E-state index >= 15 is 0 Å². The van der Waals surface area contributed by atoms with Crippen molar-refractivity contribution in [2.75, 3.05) is 30.4 Å². The van der Waals surface area contributed by atoms with Gasteiger partial charge in [-0.15, -0.1) is 0 Å². The molecule has 0 aliphatic carbocycles. The normalized spacial score (nSPS) is 18.4. The van der Waals surface area contributed by atoms with E-state index in [0.717, 1.165) is 6.54 Å². The van der Waals surface area contributed by atoms with Crippen LogP contribution in [0.5, 0.6) is 0 Å². The van der Waals surface area contributed by atoms with Crippen molar-refractivity contribution in [3.05, 3.63) is 24.3 Å².